The molecule has 0 radical (unpaired) electrons. The molecule has 0 saturated carbocycles. The van der Waals surface area contributed by atoms with Crippen LogP contribution in [0.3, 0.4) is 0 Å². The summed E-state index contributed by atoms with van der Waals surface area (Å²) >= 11 is 0. The number of rotatable bonds is 5. The van der Waals surface area contributed by atoms with Gasteiger partial charge in [0.15, 0.2) is 18.1 Å². The van der Waals surface area contributed by atoms with Gasteiger partial charge in [0, 0.05) is 0 Å². The molecule has 0 bridgehead atoms. The van der Waals surface area contributed by atoms with Crippen molar-refractivity contribution in [2.24, 2.45) is 0 Å². The topological polar surface area (TPSA) is 56.8 Å². The molecule has 1 aliphatic rings. The molecular formula is C20H23NO4. The van der Waals surface area contributed by atoms with Crippen molar-refractivity contribution in [2.75, 3.05) is 19.8 Å². The van der Waals surface area contributed by atoms with Crippen LogP contribution in [0.15, 0.2) is 36.4 Å². The first-order valence-corrected chi connectivity index (χ1v) is 8.42. The minimum absolute atomic E-state index is 0.0147. The van der Waals surface area contributed by atoms with Crippen LogP contribution in [0.5, 0.6) is 17.2 Å². The Labute approximate surface area is 147 Å². The number of carbonyl (C=O) groups excluding carboxylic acids is 1. The molecule has 0 unspecified atom stereocenters. The molecule has 5 nitrogen and oxygen atoms in total. The number of benzene rings is 2. The number of ether oxygens (including phenoxy) is 3. The largest absolute Gasteiger partial charge is 0.486 e. The number of nitrogens with one attached hydrogen (secondary N) is 1. The van der Waals surface area contributed by atoms with Gasteiger partial charge in [0.1, 0.15) is 19.0 Å². The van der Waals surface area contributed by atoms with Gasteiger partial charge in [0.2, 0.25) is 0 Å². The summed E-state index contributed by atoms with van der Waals surface area (Å²) in [4.78, 5) is 12.2. The van der Waals surface area contributed by atoms with Crippen LogP contribution in [0.1, 0.15) is 29.7 Å². The van der Waals surface area contributed by atoms with E-state index in [0.717, 1.165) is 33.9 Å². The van der Waals surface area contributed by atoms with Crippen LogP contribution in [-0.2, 0) is 4.79 Å². The summed E-state index contributed by atoms with van der Waals surface area (Å²) in [5.74, 6) is 2.04. The Morgan fingerprint density at radius 2 is 1.92 bits per heavy atom. The maximum absolute atomic E-state index is 12.2. The number of fused-ring (bicyclic) bond motifs is 1. The maximum atomic E-state index is 12.2. The first-order valence-electron chi connectivity index (χ1n) is 8.42. The summed E-state index contributed by atoms with van der Waals surface area (Å²) in [6.07, 6.45) is 0. The van der Waals surface area contributed by atoms with E-state index in [1.165, 1.54) is 0 Å². The zero-order chi connectivity index (χ0) is 17.8. The SMILES string of the molecule is Cc1cccc(OCC(=O)N[C@@H](C)c2ccc3c(c2)OCCO3)c1C. The molecule has 0 fully saturated rings. The van der Waals surface area contributed by atoms with Gasteiger partial charge in [-0.15, -0.1) is 0 Å². The van der Waals surface area contributed by atoms with Gasteiger partial charge in [-0.2, -0.15) is 0 Å². The van der Waals surface area contributed by atoms with Gasteiger partial charge in [0.25, 0.3) is 5.91 Å². The van der Waals surface area contributed by atoms with Crippen molar-refractivity contribution >= 4 is 5.91 Å². The van der Waals surface area contributed by atoms with E-state index in [1.807, 2.05) is 57.2 Å². The molecule has 2 aromatic carbocycles. The standard InChI is InChI=1S/C20H23NO4/c1-13-5-4-6-17(14(13)2)25-12-20(22)21-15(3)16-7-8-18-19(11-16)24-10-9-23-18/h4-8,11,15H,9-10,12H2,1-3H3,(H,21,22)/t15-/m0/s1. The van der Waals surface area contributed by atoms with Crippen molar-refractivity contribution in [2.45, 2.75) is 26.8 Å². The second-order valence-corrected chi connectivity index (χ2v) is 6.18. The number of hydrogen-bond acceptors (Lipinski definition) is 4. The lowest BCUT2D eigenvalue weighted by Crippen LogP contribution is -2.31. The predicted octanol–water partition coefficient (Wildman–Crippen LogP) is 3.33. The molecule has 3 rings (SSSR count). The van der Waals surface area contributed by atoms with Gasteiger partial charge in [-0.05, 0) is 55.7 Å². The molecule has 2 aromatic rings. The van der Waals surface area contributed by atoms with E-state index in [1.54, 1.807) is 0 Å². The van der Waals surface area contributed by atoms with Gasteiger partial charge in [0.05, 0.1) is 6.04 Å². The maximum Gasteiger partial charge on any atom is 0.258 e. The highest BCUT2D eigenvalue weighted by molar-refractivity contribution is 5.78. The van der Waals surface area contributed by atoms with E-state index in [0.29, 0.717) is 13.2 Å². The molecule has 0 aliphatic carbocycles. The summed E-state index contributed by atoms with van der Waals surface area (Å²) < 4.78 is 16.8. The Balaban J connectivity index is 1.58. The van der Waals surface area contributed by atoms with E-state index in [-0.39, 0.29) is 18.6 Å². The minimum Gasteiger partial charge on any atom is -0.486 e. The lowest BCUT2D eigenvalue weighted by molar-refractivity contribution is -0.123. The summed E-state index contributed by atoms with van der Waals surface area (Å²) in [6, 6.07) is 11.4. The molecule has 1 amide bonds. The normalized spacial score (nSPS) is 13.9. The molecule has 0 spiro atoms. The van der Waals surface area contributed by atoms with E-state index >= 15 is 0 Å². The summed E-state index contributed by atoms with van der Waals surface area (Å²) in [5, 5.41) is 2.95. The molecule has 1 aliphatic heterocycles. The van der Waals surface area contributed by atoms with Crippen LogP contribution in [0.2, 0.25) is 0 Å². The highest BCUT2D eigenvalue weighted by Crippen LogP contribution is 2.32. The van der Waals surface area contributed by atoms with Crippen molar-refractivity contribution in [3.8, 4) is 17.2 Å². The third kappa shape index (κ3) is 4.05. The van der Waals surface area contributed by atoms with Crippen LogP contribution in [0.25, 0.3) is 0 Å². The van der Waals surface area contributed by atoms with E-state index < -0.39 is 0 Å². The number of hydrogen-bond donors (Lipinski definition) is 1. The van der Waals surface area contributed by atoms with Gasteiger partial charge in [-0.3, -0.25) is 4.79 Å². The minimum atomic E-state index is -0.164. The molecule has 132 valence electrons. The third-order valence-corrected chi connectivity index (χ3v) is 4.36. The van der Waals surface area contributed by atoms with Gasteiger partial charge in [-0.1, -0.05) is 18.2 Å². The summed E-state index contributed by atoms with van der Waals surface area (Å²) in [5.41, 5.74) is 3.15. The number of aryl methyl sites for hydroxylation is 1. The van der Waals surface area contributed by atoms with Crippen molar-refractivity contribution < 1.29 is 19.0 Å². The first kappa shape index (κ1) is 17.1. The van der Waals surface area contributed by atoms with Crippen LogP contribution in [-0.4, -0.2) is 25.7 Å². The predicted molar refractivity (Wildman–Crippen MR) is 95.4 cm³/mol. The lowest BCUT2D eigenvalue weighted by atomic mass is 10.1. The molecule has 5 heteroatoms. The van der Waals surface area contributed by atoms with Crippen molar-refractivity contribution in [3.63, 3.8) is 0 Å². The first-order chi connectivity index (χ1) is 12.0. The average molecular weight is 341 g/mol. The summed E-state index contributed by atoms with van der Waals surface area (Å²) in [6.45, 7) is 7.03. The molecule has 25 heavy (non-hydrogen) atoms. The highest BCUT2D eigenvalue weighted by Gasteiger charge is 2.16. The van der Waals surface area contributed by atoms with E-state index in [2.05, 4.69) is 5.32 Å². The Morgan fingerprint density at radius 3 is 2.72 bits per heavy atom. The number of amides is 1. The number of carbonyl (C=O) groups is 1. The van der Waals surface area contributed by atoms with E-state index in [9.17, 15) is 4.79 Å². The second kappa shape index (κ2) is 7.47. The van der Waals surface area contributed by atoms with Gasteiger partial charge in [-0.25, -0.2) is 0 Å². The highest BCUT2D eigenvalue weighted by atomic mass is 16.6. The molecule has 1 N–H and O–H groups in total. The Kier molecular flexibility index (Phi) is 5.12. The van der Waals surface area contributed by atoms with Crippen LogP contribution in [0, 0.1) is 13.8 Å². The zero-order valence-electron chi connectivity index (χ0n) is 14.8. The average Bonchev–Trinajstić information content (AvgIpc) is 2.62. The summed E-state index contributed by atoms with van der Waals surface area (Å²) in [7, 11) is 0. The Hall–Kier alpha value is -2.69. The molecule has 0 saturated heterocycles. The van der Waals surface area contributed by atoms with Crippen molar-refractivity contribution in [3.05, 3.63) is 53.1 Å². The monoisotopic (exact) mass is 341 g/mol. The van der Waals surface area contributed by atoms with Crippen LogP contribution >= 0.6 is 0 Å². The molecular weight excluding hydrogens is 318 g/mol. The molecule has 1 atom stereocenters. The fourth-order valence-electron chi connectivity index (χ4n) is 2.72. The molecule has 1 heterocycles. The Morgan fingerprint density at radius 1 is 1.16 bits per heavy atom. The van der Waals surface area contributed by atoms with Crippen LogP contribution < -0.4 is 19.5 Å². The van der Waals surface area contributed by atoms with Gasteiger partial charge >= 0.3 is 0 Å². The Bertz CT molecular complexity index is 772. The smallest absolute Gasteiger partial charge is 0.258 e. The third-order valence-electron chi connectivity index (χ3n) is 4.36. The van der Waals surface area contributed by atoms with Crippen molar-refractivity contribution in [1.29, 1.82) is 0 Å². The fourth-order valence-corrected chi connectivity index (χ4v) is 2.72. The lowest BCUT2D eigenvalue weighted by Gasteiger charge is -2.21. The zero-order valence-corrected chi connectivity index (χ0v) is 14.8. The second-order valence-electron chi connectivity index (χ2n) is 6.18. The fraction of sp³-hybridized carbons (Fsp3) is 0.350. The molecule has 0 aromatic heterocycles. The quantitative estimate of drug-likeness (QED) is 0.906. The van der Waals surface area contributed by atoms with Gasteiger partial charge < -0.3 is 19.5 Å². The van der Waals surface area contributed by atoms with Crippen LogP contribution in [0.4, 0.5) is 0 Å². The van der Waals surface area contributed by atoms with E-state index in [4.69, 9.17) is 14.2 Å². The van der Waals surface area contributed by atoms with Crippen molar-refractivity contribution in [1.82, 2.24) is 5.32 Å².